The second-order valence-electron chi connectivity index (χ2n) is 7.45. The molecule has 0 saturated carbocycles. The largest absolute Gasteiger partial charge is 0.479 e. The van der Waals surface area contributed by atoms with Crippen LogP contribution in [0.1, 0.15) is 34.1 Å². The van der Waals surface area contributed by atoms with Crippen LogP contribution < -0.4 is 4.74 Å². The first-order valence-corrected chi connectivity index (χ1v) is 10.5. The number of carbonyl (C=O) groups excluding carboxylic acids is 2. The fourth-order valence-electron chi connectivity index (χ4n) is 3.52. The predicted molar refractivity (Wildman–Crippen MR) is 125 cm³/mol. The van der Waals surface area contributed by atoms with E-state index in [0.717, 1.165) is 27.7 Å². The van der Waals surface area contributed by atoms with Gasteiger partial charge in [-0.25, -0.2) is 9.59 Å². The summed E-state index contributed by atoms with van der Waals surface area (Å²) in [5.74, 6) is -0.344. The van der Waals surface area contributed by atoms with E-state index in [4.69, 9.17) is 21.1 Å². The number of rotatable bonds is 8. The van der Waals surface area contributed by atoms with Gasteiger partial charge in [-0.05, 0) is 62.2 Å². The Morgan fingerprint density at radius 1 is 1.19 bits per heavy atom. The molecule has 1 heterocycles. The Bertz CT molecular complexity index is 1180. The van der Waals surface area contributed by atoms with Crippen molar-refractivity contribution in [3.63, 3.8) is 0 Å². The average Bonchev–Trinajstić information content (AvgIpc) is 3.02. The topological polar surface area (TPSA) is 66.8 Å². The summed E-state index contributed by atoms with van der Waals surface area (Å²) in [6.45, 7) is 9.96. The first kappa shape index (κ1) is 23.4. The van der Waals surface area contributed by atoms with Crippen molar-refractivity contribution in [2.24, 2.45) is 0 Å². The van der Waals surface area contributed by atoms with E-state index in [2.05, 4.69) is 15.9 Å². The first-order valence-electron chi connectivity index (χ1n) is 10.2. The molecule has 0 amide bonds. The highest BCUT2D eigenvalue weighted by atomic mass is 35.5. The van der Waals surface area contributed by atoms with Crippen molar-refractivity contribution >= 4 is 34.4 Å². The van der Waals surface area contributed by atoms with E-state index in [1.165, 1.54) is 7.11 Å². The number of esters is 2. The Morgan fingerprint density at radius 2 is 1.94 bits per heavy atom. The van der Waals surface area contributed by atoms with Crippen LogP contribution in [-0.2, 0) is 20.8 Å². The fourth-order valence-corrected chi connectivity index (χ4v) is 3.75. The van der Waals surface area contributed by atoms with Crippen molar-refractivity contribution in [2.45, 2.75) is 33.4 Å². The standard InChI is InChI=1S/C25H26ClNO5/c1-6-11-31-25(29)18-8-10-23-21(12-18)15(2)16(3)27(23)14-19-7-9-20(13-22(19)26)32-17(4)24(28)30-5/h6-10,12-13,17H,1,11,14H2,2-5H3. The minimum Gasteiger partial charge on any atom is -0.479 e. The number of halogens is 1. The molecule has 1 unspecified atom stereocenters. The van der Waals surface area contributed by atoms with Gasteiger partial charge in [0.25, 0.3) is 0 Å². The second kappa shape index (κ2) is 9.92. The Kier molecular flexibility index (Phi) is 7.26. The molecule has 1 atom stereocenters. The molecule has 32 heavy (non-hydrogen) atoms. The van der Waals surface area contributed by atoms with Crippen LogP contribution in [0.25, 0.3) is 10.9 Å². The van der Waals surface area contributed by atoms with E-state index in [1.54, 1.807) is 31.2 Å². The lowest BCUT2D eigenvalue weighted by molar-refractivity contribution is -0.147. The van der Waals surface area contributed by atoms with Crippen molar-refractivity contribution in [2.75, 3.05) is 13.7 Å². The second-order valence-corrected chi connectivity index (χ2v) is 7.86. The maximum atomic E-state index is 12.2. The molecular formula is C25H26ClNO5. The number of methoxy groups -OCH3 is 1. The lowest BCUT2D eigenvalue weighted by atomic mass is 10.1. The molecule has 0 radical (unpaired) electrons. The quantitative estimate of drug-likeness (QED) is 0.343. The third-order valence-electron chi connectivity index (χ3n) is 5.41. The number of carbonyl (C=O) groups is 2. The predicted octanol–water partition coefficient (Wildman–Crippen LogP) is 5.24. The zero-order valence-corrected chi connectivity index (χ0v) is 19.4. The Balaban J connectivity index is 1.88. The number of fused-ring (bicyclic) bond motifs is 1. The molecule has 1 aromatic heterocycles. The number of hydrogen-bond donors (Lipinski definition) is 0. The van der Waals surface area contributed by atoms with Crippen LogP contribution in [0.3, 0.4) is 0 Å². The summed E-state index contributed by atoms with van der Waals surface area (Å²) in [6, 6.07) is 10.9. The number of nitrogens with zero attached hydrogens (tertiary/aromatic N) is 1. The van der Waals surface area contributed by atoms with Gasteiger partial charge in [0.2, 0.25) is 0 Å². The van der Waals surface area contributed by atoms with Crippen LogP contribution in [0.5, 0.6) is 5.75 Å². The van der Waals surface area contributed by atoms with Gasteiger partial charge in [-0.2, -0.15) is 0 Å². The summed E-state index contributed by atoms with van der Waals surface area (Å²) < 4.78 is 17.6. The molecule has 3 rings (SSSR count). The summed E-state index contributed by atoms with van der Waals surface area (Å²) in [4.78, 5) is 23.8. The molecule has 2 aromatic carbocycles. The van der Waals surface area contributed by atoms with E-state index in [0.29, 0.717) is 22.9 Å². The van der Waals surface area contributed by atoms with Crippen LogP contribution in [-0.4, -0.2) is 36.3 Å². The van der Waals surface area contributed by atoms with Gasteiger partial charge >= 0.3 is 11.9 Å². The lowest BCUT2D eigenvalue weighted by Crippen LogP contribution is -2.24. The van der Waals surface area contributed by atoms with Crippen LogP contribution in [0, 0.1) is 13.8 Å². The molecule has 0 bridgehead atoms. The number of aromatic nitrogens is 1. The van der Waals surface area contributed by atoms with Crippen molar-refractivity contribution < 1.29 is 23.8 Å². The van der Waals surface area contributed by atoms with Gasteiger partial charge in [-0.1, -0.05) is 30.3 Å². The minimum atomic E-state index is -0.729. The molecule has 0 N–H and O–H groups in total. The summed E-state index contributed by atoms with van der Waals surface area (Å²) >= 11 is 6.52. The minimum absolute atomic E-state index is 0.173. The van der Waals surface area contributed by atoms with E-state index in [1.807, 2.05) is 32.0 Å². The molecule has 3 aromatic rings. The van der Waals surface area contributed by atoms with Crippen LogP contribution in [0.15, 0.2) is 49.1 Å². The first-order chi connectivity index (χ1) is 15.3. The van der Waals surface area contributed by atoms with Gasteiger partial charge in [0.05, 0.1) is 12.7 Å². The highest BCUT2D eigenvalue weighted by Crippen LogP contribution is 2.30. The van der Waals surface area contributed by atoms with Crippen molar-refractivity contribution in [1.82, 2.24) is 4.57 Å². The zero-order chi connectivity index (χ0) is 23.4. The Labute approximate surface area is 192 Å². The van der Waals surface area contributed by atoms with E-state index >= 15 is 0 Å². The van der Waals surface area contributed by atoms with Gasteiger partial charge in [-0.15, -0.1) is 0 Å². The fraction of sp³-hybridized carbons (Fsp3) is 0.280. The number of aryl methyl sites for hydroxylation is 1. The molecule has 7 heteroatoms. The van der Waals surface area contributed by atoms with Crippen molar-refractivity contribution in [3.8, 4) is 5.75 Å². The van der Waals surface area contributed by atoms with E-state index < -0.39 is 12.1 Å². The van der Waals surface area contributed by atoms with Crippen LogP contribution >= 0.6 is 11.6 Å². The third-order valence-corrected chi connectivity index (χ3v) is 5.76. The molecule has 0 fully saturated rings. The summed E-state index contributed by atoms with van der Waals surface area (Å²) in [5.41, 5.74) is 4.56. The van der Waals surface area contributed by atoms with E-state index in [9.17, 15) is 9.59 Å². The molecule has 168 valence electrons. The van der Waals surface area contributed by atoms with Gasteiger partial charge in [-0.3, -0.25) is 0 Å². The maximum absolute atomic E-state index is 12.2. The van der Waals surface area contributed by atoms with Gasteiger partial charge in [0.15, 0.2) is 6.10 Å². The maximum Gasteiger partial charge on any atom is 0.346 e. The smallest absolute Gasteiger partial charge is 0.346 e. The molecule has 0 aliphatic rings. The van der Waals surface area contributed by atoms with E-state index in [-0.39, 0.29) is 12.6 Å². The monoisotopic (exact) mass is 455 g/mol. The zero-order valence-electron chi connectivity index (χ0n) is 18.6. The summed E-state index contributed by atoms with van der Waals surface area (Å²) in [5, 5.41) is 1.52. The van der Waals surface area contributed by atoms with Gasteiger partial charge < -0.3 is 18.8 Å². The molecule has 0 aliphatic carbocycles. The lowest BCUT2D eigenvalue weighted by Gasteiger charge is -2.15. The summed E-state index contributed by atoms with van der Waals surface area (Å²) in [7, 11) is 1.32. The highest BCUT2D eigenvalue weighted by molar-refractivity contribution is 6.31. The van der Waals surface area contributed by atoms with Gasteiger partial charge in [0, 0.05) is 28.2 Å². The molecule has 6 nitrogen and oxygen atoms in total. The van der Waals surface area contributed by atoms with Crippen molar-refractivity contribution in [1.29, 1.82) is 0 Å². The SMILES string of the molecule is C=CCOC(=O)c1ccc2c(c1)c(C)c(C)n2Cc1ccc(OC(C)C(=O)OC)cc1Cl. The number of ether oxygens (including phenoxy) is 3. The van der Waals surface area contributed by atoms with Gasteiger partial charge in [0.1, 0.15) is 12.4 Å². The Morgan fingerprint density at radius 3 is 2.59 bits per heavy atom. The van der Waals surface area contributed by atoms with Crippen molar-refractivity contribution in [3.05, 3.63) is 76.5 Å². The molecule has 0 spiro atoms. The highest BCUT2D eigenvalue weighted by Gasteiger charge is 2.17. The molecular weight excluding hydrogens is 430 g/mol. The van der Waals surface area contributed by atoms with Crippen LogP contribution in [0.4, 0.5) is 0 Å². The molecule has 0 saturated heterocycles. The summed E-state index contributed by atoms with van der Waals surface area (Å²) in [6.07, 6.45) is 0.811. The van der Waals surface area contributed by atoms with Crippen LogP contribution in [0.2, 0.25) is 5.02 Å². The molecule has 0 aliphatic heterocycles. The number of benzene rings is 2. The Hall–Kier alpha value is -3.25. The average molecular weight is 456 g/mol. The number of hydrogen-bond acceptors (Lipinski definition) is 5. The normalized spacial score (nSPS) is 11.8. The third kappa shape index (κ3) is 4.81.